The topological polar surface area (TPSA) is 53.3 Å². The predicted octanol–water partition coefficient (Wildman–Crippen LogP) is 5.16. The monoisotopic (exact) mass is 302 g/mol. The fourth-order valence-electron chi connectivity index (χ4n) is 2.14. The van der Waals surface area contributed by atoms with Gasteiger partial charge in [-0.3, -0.25) is 4.57 Å². The molecule has 0 aliphatic heterocycles. The molecule has 20 heavy (non-hydrogen) atoms. The second-order valence-corrected chi connectivity index (χ2v) is 7.61. The predicted molar refractivity (Wildman–Crippen MR) is 84.7 cm³/mol. The van der Waals surface area contributed by atoms with Gasteiger partial charge in [-0.2, -0.15) is 5.26 Å². The van der Waals surface area contributed by atoms with Crippen LogP contribution in [0.3, 0.4) is 0 Å². The molecular formula is C15H31N2O2P. The molecule has 0 saturated carbocycles. The van der Waals surface area contributed by atoms with Gasteiger partial charge in [-0.25, -0.2) is 4.67 Å². The standard InChI is InChI=1S/C15H31N2O2P/c1-5-7-8-9-10-11-12-15(3)19-20(18,14-16)17(4)13-6-2/h15H,5-13H2,1-4H3. The molecule has 0 aromatic rings. The Hall–Kier alpha value is -0.360. The summed E-state index contributed by atoms with van der Waals surface area (Å²) < 4.78 is 19.5. The highest BCUT2D eigenvalue weighted by Crippen LogP contribution is 2.50. The Balaban J connectivity index is 4.01. The van der Waals surface area contributed by atoms with Gasteiger partial charge in [0, 0.05) is 6.54 Å². The van der Waals surface area contributed by atoms with Crippen LogP contribution >= 0.6 is 7.52 Å². The molecule has 2 atom stereocenters. The normalized spacial score (nSPS) is 15.8. The molecule has 0 aliphatic rings. The van der Waals surface area contributed by atoms with Gasteiger partial charge in [-0.1, -0.05) is 52.4 Å². The van der Waals surface area contributed by atoms with Crippen LogP contribution in [0.1, 0.15) is 72.1 Å². The van der Waals surface area contributed by atoms with Crippen molar-refractivity contribution in [3.05, 3.63) is 0 Å². The quantitative estimate of drug-likeness (QED) is 0.369. The first-order valence-electron chi connectivity index (χ1n) is 7.91. The molecule has 0 aromatic carbocycles. The van der Waals surface area contributed by atoms with Crippen LogP contribution in [0.4, 0.5) is 0 Å². The van der Waals surface area contributed by atoms with E-state index < -0.39 is 7.52 Å². The third-order valence-electron chi connectivity index (χ3n) is 3.41. The number of unbranched alkanes of at least 4 members (excludes halogenated alkanes) is 5. The zero-order chi connectivity index (χ0) is 15.4. The smallest absolute Gasteiger partial charge is 0.304 e. The van der Waals surface area contributed by atoms with Gasteiger partial charge in [0.25, 0.3) is 0 Å². The van der Waals surface area contributed by atoms with E-state index in [1.807, 2.05) is 19.7 Å². The Bertz CT molecular complexity index is 328. The minimum absolute atomic E-state index is 0.119. The van der Waals surface area contributed by atoms with Crippen molar-refractivity contribution in [2.45, 2.75) is 78.2 Å². The minimum Gasteiger partial charge on any atom is -0.304 e. The van der Waals surface area contributed by atoms with Gasteiger partial charge >= 0.3 is 7.52 Å². The summed E-state index contributed by atoms with van der Waals surface area (Å²) in [6.07, 6.45) is 8.99. The first kappa shape index (κ1) is 19.6. The van der Waals surface area contributed by atoms with E-state index in [9.17, 15) is 4.57 Å². The van der Waals surface area contributed by atoms with E-state index in [-0.39, 0.29) is 6.10 Å². The number of rotatable bonds is 12. The molecule has 0 rings (SSSR count). The molecule has 118 valence electrons. The van der Waals surface area contributed by atoms with E-state index in [0.29, 0.717) is 6.54 Å². The van der Waals surface area contributed by atoms with Crippen molar-refractivity contribution >= 4 is 7.52 Å². The van der Waals surface area contributed by atoms with Crippen molar-refractivity contribution in [1.29, 1.82) is 5.26 Å². The molecule has 0 N–H and O–H groups in total. The number of nitriles is 1. The highest BCUT2D eigenvalue weighted by molar-refractivity contribution is 7.61. The second kappa shape index (κ2) is 11.3. The van der Waals surface area contributed by atoms with Crippen molar-refractivity contribution in [2.75, 3.05) is 13.6 Å². The maximum atomic E-state index is 12.4. The molecule has 5 heteroatoms. The zero-order valence-corrected chi connectivity index (χ0v) is 14.5. The summed E-state index contributed by atoms with van der Waals surface area (Å²) in [5, 5.41) is 9.12. The van der Waals surface area contributed by atoms with Crippen molar-refractivity contribution in [2.24, 2.45) is 0 Å². The highest BCUT2D eigenvalue weighted by atomic mass is 31.2. The van der Waals surface area contributed by atoms with Gasteiger partial charge in [-0.15, -0.1) is 0 Å². The SMILES string of the molecule is CCCCCCCCC(C)OP(=O)(C#N)N(C)CCC. The molecule has 4 nitrogen and oxygen atoms in total. The lowest BCUT2D eigenvalue weighted by atomic mass is 10.1. The zero-order valence-electron chi connectivity index (χ0n) is 13.6. The largest absolute Gasteiger partial charge is 0.371 e. The summed E-state index contributed by atoms with van der Waals surface area (Å²) in [5.74, 6) is 1.87. The Morgan fingerprint density at radius 3 is 2.30 bits per heavy atom. The third-order valence-corrected chi connectivity index (χ3v) is 5.41. The number of hydrogen-bond acceptors (Lipinski definition) is 3. The van der Waals surface area contributed by atoms with E-state index >= 15 is 0 Å². The fraction of sp³-hybridized carbons (Fsp3) is 0.933. The molecular weight excluding hydrogens is 271 g/mol. The van der Waals surface area contributed by atoms with Crippen molar-refractivity contribution in [1.82, 2.24) is 4.67 Å². The van der Waals surface area contributed by atoms with Crippen LogP contribution < -0.4 is 0 Å². The highest BCUT2D eigenvalue weighted by Gasteiger charge is 2.30. The van der Waals surface area contributed by atoms with Gasteiger partial charge in [0.1, 0.15) is 0 Å². The third kappa shape index (κ3) is 8.04. The maximum Gasteiger partial charge on any atom is 0.371 e. The van der Waals surface area contributed by atoms with Crippen molar-refractivity contribution < 1.29 is 9.09 Å². The van der Waals surface area contributed by atoms with Crippen LogP contribution in [0.2, 0.25) is 0 Å². The molecule has 0 spiro atoms. The molecule has 0 aromatic heterocycles. The first-order valence-corrected chi connectivity index (χ1v) is 9.49. The van der Waals surface area contributed by atoms with Gasteiger partial charge in [-0.05, 0) is 26.8 Å². The molecule has 0 amide bonds. The summed E-state index contributed by atoms with van der Waals surface area (Å²) in [4.78, 5) is 0. The van der Waals surface area contributed by atoms with E-state index in [1.165, 1.54) is 32.1 Å². The summed E-state index contributed by atoms with van der Waals surface area (Å²) in [6.45, 7) is 6.74. The molecule has 0 saturated heterocycles. The average Bonchev–Trinajstić information content (AvgIpc) is 2.42. The van der Waals surface area contributed by atoms with Crippen LogP contribution in [0.25, 0.3) is 0 Å². The molecule has 0 heterocycles. The molecule has 0 fully saturated rings. The summed E-state index contributed by atoms with van der Waals surface area (Å²) >= 11 is 0. The lowest BCUT2D eigenvalue weighted by molar-refractivity contribution is 0.192. The Labute approximate surface area is 125 Å². The number of hydrogen-bond donors (Lipinski definition) is 0. The van der Waals surface area contributed by atoms with Gasteiger partial charge in [0.05, 0.1) is 6.10 Å². The minimum atomic E-state index is -3.29. The lowest BCUT2D eigenvalue weighted by Gasteiger charge is -2.24. The van der Waals surface area contributed by atoms with E-state index in [0.717, 1.165) is 19.3 Å². The van der Waals surface area contributed by atoms with Crippen molar-refractivity contribution in [3.8, 4) is 5.81 Å². The Kier molecular flexibility index (Phi) is 11.1. The Morgan fingerprint density at radius 2 is 1.75 bits per heavy atom. The summed E-state index contributed by atoms with van der Waals surface area (Å²) in [5.41, 5.74) is 0. The first-order chi connectivity index (χ1) is 9.50. The molecule has 0 aliphatic carbocycles. The molecule has 2 unspecified atom stereocenters. The molecule has 0 radical (unpaired) electrons. The Morgan fingerprint density at radius 1 is 1.15 bits per heavy atom. The van der Waals surface area contributed by atoms with Crippen LogP contribution in [0, 0.1) is 11.1 Å². The van der Waals surface area contributed by atoms with Gasteiger partial charge < -0.3 is 4.52 Å². The van der Waals surface area contributed by atoms with E-state index in [1.54, 1.807) is 11.7 Å². The van der Waals surface area contributed by atoms with E-state index in [4.69, 9.17) is 9.79 Å². The summed E-state index contributed by atoms with van der Waals surface area (Å²) in [6, 6.07) is 0. The maximum absolute atomic E-state index is 12.4. The van der Waals surface area contributed by atoms with E-state index in [2.05, 4.69) is 6.92 Å². The van der Waals surface area contributed by atoms with Gasteiger partial charge in [0.15, 0.2) is 5.81 Å². The molecule has 0 bridgehead atoms. The van der Waals surface area contributed by atoms with Crippen LogP contribution in [-0.2, 0) is 9.09 Å². The van der Waals surface area contributed by atoms with Crippen molar-refractivity contribution in [3.63, 3.8) is 0 Å². The summed E-state index contributed by atoms with van der Waals surface area (Å²) in [7, 11) is -1.59. The van der Waals surface area contributed by atoms with Crippen LogP contribution in [0.5, 0.6) is 0 Å². The van der Waals surface area contributed by atoms with Gasteiger partial charge in [0.2, 0.25) is 0 Å². The van der Waals surface area contributed by atoms with Crippen LogP contribution in [0.15, 0.2) is 0 Å². The second-order valence-electron chi connectivity index (χ2n) is 5.47. The average molecular weight is 302 g/mol. The number of nitrogens with zero attached hydrogens (tertiary/aromatic N) is 2. The fourth-order valence-corrected chi connectivity index (χ4v) is 3.56. The lowest BCUT2D eigenvalue weighted by Crippen LogP contribution is -2.19. The van der Waals surface area contributed by atoms with Crippen LogP contribution in [-0.4, -0.2) is 24.4 Å².